The number of aromatic nitrogens is 4. The molecule has 35 heavy (non-hydrogen) atoms. The molecule has 4 heterocycles. The second-order valence-corrected chi connectivity index (χ2v) is 10.3. The lowest BCUT2D eigenvalue weighted by Gasteiger charge is -2.44. The van der Waals surface area contributed by atoms with Gasteiger partial charge in [-0.2, -0.15) is 0 Å². The van der Waals surface area contributed by atoms with Crippen LogP contribution in [0.25, 0.3) is 11.2 Å². The number of carbonyl (C=O) groups is 1. The van der Waals surface area contributed by atoms with Gasteiger partial charge >= 0.3 is 0 Å². The first-order valence-corrected chi connectivity index (χ1v) is 12.6. The number of hydrogen-bond acceptors (Lipinski definition) is 8. The summed E-state index contributed by atoms with van der Waals surface area (Å²) in [4.78, 5) is 32.6. The number of nitrogens with zero attached hydrogens (tertiary/aromatic N) is 7. The number of imidazole rings is 1. The van der Waals surface area contributed by atoms with Crippen LogP contribution in [0.15, 0.2) is 35.7 Å². The predicted octanol–water partition coefficient (Wildman–Crippen LogP) is 2.00. The maximum atomic E-state index is 12.7. The van der Waals surface area contributed by atoms with Crippen molar-refractivity contribution in [2.45, 2.75) is 51.2 Å². The summed E-state index contributed by atoms with van der Waals surface area (Å²) in [6.07, 6.45) is 11.7. The van der Waals surface area contributed by atoms with Crippen molar-refractivity contribution in [3.63, 3.8) is 0 Å². The summed E-state index contributed by atoms with van der Waals surface area (Å²) in [5, 5.41) is 7.37. The van der Waals surface area contributed by atoms with Crippen LogP contribution in [0.2, 0.25) is 0 Å². The zero-order valence-electron chi connectivity index (χ0n) is 21.3. The maximum absolute atomic E-state index is 12.7. The van der Waals surface area contributed by atoms with Gasteiger partial charge < -0.3 is 24.6 Å². The van der Waals surface area contributed by atoms with Crippen molar-refractivity contribution in [2.75, 3.05) is 52.6 Å². The van der Waals surface area contributed by atoms with E-state index in [1.54, 1.807) is 22.1 Å². The molecule has 1 amide bonds. The van der Waals surface area contributed by atoms with Gasteiger partial charge in [-0.15, -0.1) is 0 Å². The molecular weight excluding hydrogens is 442 g/mol. The number of hydrogen-bond donors (Lipinski definition) is 2. The molecule has 0 radical (unpaired) electrons. The van der Waals surface area contributed by atoms with Crippen LogP contribution in [-0.2, 0) is 11.3 Å². The first-order valence-electron chi connectivity index (χ1n) is 12.6. The van der Waals surface area contributed by atoms with E-state index in [0.717, 1.165) is 25.3 Å². The van der Waals surface area contributed by atoms with Crippen LogP contribution in [0.4, 0.5) is 5.82 Å². The quantitative estimate of drug-likeness (QED) is 0.623. The number of amides is 1. The summed E-state index contributed by atoms with van der Waals surface area (Å²) in [7, 11) is 5.84. The molecule has 2 aromatic rings. The number of carbonyl (C=O) groups excluding carboxylic acids is 1. The zero-order valence-corrected chi connectivity index (χ0v) is 21.3. The van der Waals surface area contributed by atoms with Gasteiger partial charge in [-0.25, -0.2) is 15.0 Å². The Morgan fingerprint density at radius 2 is 1.94 bits per heavy atom. The van der Waals surface area contributed by atoms with Gasteiger partial charge in [-0.1, -0.05) is 6.42 Å². The van der Waals surface area contributed by atoms with Crippen molar-refractivity contribution in [2.24, 2.45) is 0 Å². The topological polar surface area (TPSA) is 94.4 Å². The molecule has 2 fully saturated rings. The first kappa shape index (κ1) is 23.7. The number of likely N-dealkylation sites (N-methyl/N-ethyl adjacent to an activating group) is 2. The van der Waals surface area contributed by atoms with E-state index in [1.165, 1.54) is 43.4 Å². The summed E-state index contributed by atoms with van der Waals surface area (Å²) in [6.45, 7) is 5.65. The number of nitrogens with one attached hydrogen (secondary N) is 2. The maximum Gasteiger partial charge on any atom is 0.242 e. The van der Waals surface area contributed by atoms with Gasteiger partial charge in [-0.3, -0.25) is 10.1 Å². The fourth-order valence-electron chi connectivity index (χ4n) is 5.50. The third-order valence-electron chi connectivity index (χ3n) is 7.58. The smallest absolute Gasteiger partial charge is 0.242 e. The summed E-state index contributed by atoms with van der Waals surface area (Å²) in [6, 6.07) is 0. The molecule has 2 aromatic heterocycles. The molecule has 10 nitrogen and oxygen atoms in total. The predicted molar refractivity (Wildman–Crippen MR) is 136 cm³/mol. The van der Waals surface area contributed by atoms with E-state index in [2.05, 4.69) is 48.4 Å². The lowest BCUT2D eigenvalue weighted by Crippen LogP contribution is -2.53. The minimum Gasteiger partial charge on any atom is -0.349 e. The van der Waals surface area contributed by atoms with Crippen molar-refractivity contribution in [1.29, 1.82) is 0 Å². The van der Waals surface area contributed by atoms with E-state index in [-0.39, 0.29) is 18.1 Å². The molecule has 0 aromatic carbocycles. The highest BCUT2D eigenvalue weighted by molar-refractivity contribution is 5.85. The molecule has 5 rings (SSSR count). The Hall–Kier alpha value is -2.98. The number of anilines is 1. The van der Waals surface area contributed by atoms with Crippen LogP contribution in [0.5, 0.6) is 0 Å². The highest BCUT2D eigenvalue weighted by Crippen LogP contribution is 2.40. The Kier molecular flexibility index (Phi) is 6.50. The Labute approximate surface area is 207 Å². The van der Waals surface area contributed by atoms with Crippen molar-refractivity contribution in [3.05, 3.63) is 35.7 Å². The van der Waals surface area contributed by atoms with Gasteiger partial charge in [0, 0.05) is 38.1 Å². The fourth-order valence-corrected chi connectivity index (χ4v) is 5.50. The third-order valence-corrected chi connectivity index (χ3v) is 7.58. The van der Waals surface area contributed by atoms with Crippen molar-refractivity contribution >= 4 is 22.9 Å². The second kappa shape index (κ2) is 9.58. The SMILES string of the molecule is CC1=C2CNC3(CCCCC3)N2CC(Nc2ncnc3c2ncn3CC(=O)N(C)CCN(C)C)=C1. The van der Waals surface area contributed by atoms with Gasteiger partial charge in [0.05, 0.1) is 18.5 Å². The Morgan fingerprint density at radius 1 is 1.14 bits per heavy atom. The van der Waals surface area contributed by atoms with E-state index >= 15 is 0 Å². The number of allylic oxidation sites excluding steroid dienone is 2. The van der Waals surface area contributed by atoms with Gasteiger partial charge in [0.15, 0.2) is 17.0 Å². The minimum atomic E-state index is 0.0295. The molecule has 1 aliphatic carbocycles. The molecule has 0 unspecified atom stereocenters. The third kappa shape index (κ3) is 4.64. The standard InChI is InChI=1S/C25H37N9O/c1-18-12-19(14-34-20(18)13-29-25(34)8-6-5-7-9-25)30-23-22-24(27-16-26-23)33(17-28-22)15-21(35)32(4)11-10-31(2)3/h12,16-17,29H,5-11,13-15H2,1-4H3,(H,26,27,30). The molecule has 2 N–H and O–H groups in total. The summed E-state index contributed by atoms with van der Waals surface area (Å²) >= 11 is 0. The highest BCUT2D eigenvalue weighted by Gasteiger charge is 2.45. The monoisotopic (exact) mass is 479 g/mol. The molecule has 3 aliphatic rings. The molecule has 0 atom stereocenters. The minimum absolute atomic E-state index is 0.0295. The van der Waals surface area contributed by atoms with Gasteiger partial charge in [0.2, 0.25) is 5.91 Å². The number of rotatable bonds is 7. The highest BCUT2D eigenvalue weighted by atomic mass is 16.2. The first-order chi connectivity index (χ1) is 16.9. The average molecular weight is 480 g/mol. The Morgan fingerprint density at radius 3 is 2.71 bits per heavy atom. The second-order valence-electron chi connectivity index (χ2n) is 10.3. The van der Waals surface area contributed by atoms with E-state index in [1.807, 2.05) is 21.1 Å². The molecule has 1 saturated carbocycles. The summed E-state index contributed by atoms with van der Waals surface area (Å²) in [5.74, 6) is 0.705. The van der Waals surface area contributed by atoms with Crippen LogP contribution < -0.4 is 10.6 Å². The largest absolute Gasteiger partial charge is 0.349 e. The van der Waals surface area contributed by atoms with E-state index in [0.29, 0.717) is 23.5 Å². The number of fused-ring (bicyclic) bond motifs is 3. The summed E-state index contributed by atoms with van der Waals surface area (Å²) < 4.78 is 1.80. The van der Waals surface area contributed by atoms with Gasteiger partial charge in [-0.05, 0) is 58.4 Å². The molecule has 0 bridgehead atoms. The van der Waals surface area contributed by atoms with Crippen LogP contribution in [0.3, 0.4) is 0 Å². The lowest BCUT2D eigenvalue weighted by molar-refractivity contribution is -0.130. The van der Waals surface area contributed by atoms with Crippen molar-refractivity contribution in [3.8, 4) is 0 Å². The Balaban J connectivity index is 1.33. The molecular formula is C25H37N9O. The molecule has 2 aliphatic heterocycles. The van der Waals surface area contributed by atoms with E-state index in [4.69, 9.17) is 0 Å². The average Bonchev–Trinajstić information content (AvgIpc) is 3.41. The zero-order chi connectivity index (χ0) is 24.6. The summed E-state index contributed by atoms with van der Waals surface area (Å²) in [5.41, 5.74) is 5.22. The van der Waals surface area contributed by atoms with Crippen LogP contribution in [0.1, 0.15) is 39.0 Å². The molecule has 1 saturated heterocycles. The Bertz CT molecular complexity index is 1160. The normalized spacial score (nSPS) is 19.5. The lowest BCUT2D eigenvalue weighted by atomic mass is 9.88. The van der Waals surface area contributed by atoms with Crippen LogP contribution in [-0.4, -0.2) is 93.1 Å². The van der Waals surface area contributed by atoms with Gasteiger partial charge in [0.25, 0.3) is 0 Å². The molecule has 188 valence electrons. The van der Waals surface area contributed by atoms with Crippen LogP contribution in [0, 0.1) is 0 Å². The van der Waals surface area contributed by atoms with Gasteiger partial charge in [0.1, 0.15) is 12.9 Å². The van der Waals surface area contributed by atoms with Crippen molar-refractivity contribution < 1.29 is 4.79 Å². The molecule has 1 spiro atoms. The van der Waals surface area contributed by atoms with E-state index < -0.39 is 0 Å². The van der Waals surface area contributed by atoms with Crippen LogP contribution >= 0.6 is 0 Å². The fraction of sp³-hybridized carbons (Fsp3) is 0.600. The van der Waals surface area contributed by atoms with Crippen molar-refractivity contribution in [1.82, 2.24) is 39.5 Å². The van der Waals surface area contributed by atoms with E-state index in [9.17, 15) is 4.79 Å². The molecule has 10 heteroatoms.